The first-order valence-electron chi connectivity index (χ1n) is 5.87. The van der Waals surface area contributed by atoms with Crippen molar-refractivity contribution in [3.8, 4) is 0 Å². The maximum atomic E-state index is 5.63. The van der Waals surface area contributed by atoms with Crippen LogP contribution in [0.3, 0.4) is 0 Å². The lowest BCUT2D eigenvalue weighted by Crippen LogP contribution is -2.44. The predicted octanol–water partition coefficient (Wildman–Crippen LogP) is 0.335. The highest BCUT2D eigenvalue weighted by atomic mass is 15.2. The summed E-state index contributed by atoms with van der Waals surface area (Å²) in [4.78, 5) is 8.98. The smallest absolute Gasteiger partial charge is 0.0431 e. The lowest BCUT2D eigenvalue weighted by molar-refractivity contribution is 0.312. The number of hydrogen-bond donors (Lipinski definition) is 1. The number of anilines is 1. The fraction of sp³-hybridized carbons (Fsp3) is 0.583. The summed E-state index contributed by atoms with van der Waals surface area (Å²) in [6.07, 6.45) is 4.73. The maximum Gasteiger partial charge on any atom is 0.0431 e. The number of likely N-dealkylation sites (N-methyl/N-ethyl adjacent to an activating group) is 1. The first kappa shape index (κ1) is 11.4. The van der Waals surface area contributed by atoms with Gasteiger partial charge < -0.3 is 15.5 Å². The summed E-state index contributed by atoms with van der Waals surface area (Å²) in [7, 11) is 2.17. The van der Waals surface area contributed by atoms with Gasteiger partial charge in [-0.1, -0.05) is 0 Å². The Labute approximate surface area is 97.1 Å². The SMILES string of the molecule is CN1CCN(c2ccncc2CCN)CC1. The van der Waals surface area contributed by atoms with Crippen molar-refractivity contribution in [3.63, 3.8) is 0 Å². The van der Waals surface area contributed by atoms with Crippen LogP contribution in [0.4, 0.5) is 5.69 Å². The van der Waals surface area contributed by atoms with E-state index in [4.69, 9.17) is 5.73 Å². The Balaban J connectivity index is 2.13. The molecule has 1 saturated heterocycles. The lowest BCUT2D eigenvalue weighted by atomic mass is 10.1. The van der Waals surface area contributed by atoms with E-state index in [1.807, 2.05) is 12.4 Å². The molecule has 88 valence electrons. The number of rotatable bonds is 3. The van der Waals surface area contributed by atoms with Crippen LogP contribution in [0.2, 0.25) is 0 Å². The van der Waals surface area contributed by atoms with Crippen molar-refractivity contribution in [2.75, 3.05) is 44.7 Å². The van der Waals surface area contributed by atoms with Crippen molar-refractivity contribution in [1.82, 2.24) is 9.88 Å². The molecule has 2 heterocycles. The molecular weight excluding hydrogens is 200 g/mol. The van der Waals surface area contributed by atoms with Gasteiger partial charge in [0.05, 0.1) is 0 Å². The van der Waals surface area contributed by atoms with Gasteiger partial charge in [-0.3, -0.25) is 4.98 Å². The van der Waals surface area contributed by atoms with E-state index < -0.39 is 0 Å². The van der Waals surface area contributed by atoms with E-state index in [9.17, 15) is 0 Å². The average Bonchev–Trinajstić information content (AvgIpc) is 2.32. The van der Waals surface area contributed by atoms with Crippen molar-refractivity contribution in [1.29, 1.82) is 0 Å². The van der Waals surface area contributed by atoms with Crippen molar-refractivity contribution < 1.29 is 0 Å². The number of nitrogens with zero attached hydrogens (tertiary/aromatic N) is 3. The summed E-state index contributed by atoms with van der Waals surface area (Å²) in [5.74, 6) is 0. The van der Waals surface area contributed by atoms with E-state index in [1.54, 1.807) is 0 Å². The molecule has 16 heavy (non-hydrogen) atoms. The number of piperazine rings is 1. The van der Waals surface area contributed by atoms with Crippen LogP contribution in [0.25, 0.3) is 0 Å². The van der Waals surface area contributed by atoms with Crippen molar-refractivity contribution >= 4 is 5.69 Å². The normalized spacial score (nSPS) is 17.8. The summed E-state index contributed by atoms with van der Waals surface area (Å²) < 4.78 is 0. The summed E-state index contributed by atoms with van der Waals surface area (Å²) in [6.45, 7) is 5.14. The highest BCUT2D eigenvalue weighted by Crippen LogP contribution is 2.20. The molecule has 1 aliphatic heterocycles. The van der Waals surface area contributed by atoms with Gasteiger partial charge in [-0.25, -0.2) is 0 Å². The predicted molar refractivity (Wildman–Crippen MR) is 66.7 cm³/mol. The second kappa shape index (κ2) is 5.27. The summed E-state index contributed by atoms with van der Waals surface area (Å²) in [5, 5.41) is 0. The maximum absolute atomic E-state index is 5.63. The van der Waals surface area contributed by atoms with Crippen molar-refractivity contribution in [2.45, 2.75) is 6.42 Å². The van der Waals surface area contributed by atoms with E-state index in [1.165, 1.54) is 11.3 Å². The second-order valence-corrected chi connectivity index (χ2v) is 4.33. The Bertz CT molecular complexity index is 332. The van der Waals surface area contributed by atoms with Crippen LogP contribution in [0.1, 0.15) is 5.56 Å². The van der Waals surface area contributed by atoms with Crippen LogP contribution in [0, 0.1) is 0 Å². The molecule has 0 amide bonds. The van der Waals surface area contributed by atoms with E-state index in [-0.39, 0.29) is 0 Å². The third kappa shape index (κ3) is 2.51. The Morgan fingerprint density at radius 2 is 2.06 bits per heavy atom. The standard InChI is InChI=1S/C12H20N4/c1-15-6-8-16(9-7-15)12-3-5-14-10-11(12)2-4-13/h3,5,10H,2,4,6-9,13H2,1H3. The van der Waals surface area contributed by atoms with Gasteiger partial charge in [-0.15, -0.1) is 0 Å². The molecule has 4 nitrogen and oxygen atoms in total. The van der Waals surface area contributed by atoms with Crippen LogP contribution in [0.15, 0.2) is 18.5 Å². The van der Waals surface area contributed by atoms with Crippen LogP contribution < -0.4 is 10.6 Å². The molecule has 2 rings (SSSR count). The first-order chi connectivity index (χ1) is 7.81. The summed E-state index contributed by atoms with van der Waals surface area (Å²) in [6, 6.07) is 2.11. The summed E-state index contributed by atoms with van der Waals surface area (Å²) >= 11 is 0. The molecule has 0 spiro atoms. The largest absolute Gasteiger partial charge is 0.369 e. The Morgan fingerprint density at radius 1 is 1.31 bits per heavy atom. The minimum absolute atomic E-state index is 0.687. The average molecular weight is 220 g/mol. The van der Waals surface area contributed by atoms with E-state index in [2.05, 4.69) is 27.9 Å². The summed E-state index contributed by atoms with van der Waals surface area (Å²) in [5.41, 5.74) is 8.21. The highest BCUT2D eigenvalue weighted by Gasteiger charge is 2.16. The van der Waals surface area contributed by atoms with E-state index in [0.29, 0.717) is 6.54 Å². The molecule has 0 atom stereocenters. The molecule has 0 saturated carbocycles. The molecule has 4 heteroatoms. The molecular formula is C12H20N4. The molecule has 0 radical (unpaired) electrons. The molecule has 1 aliphatic rings. The van der Waals surface area contributed by atoms with Gasteiger partial charge in [0, 0.05) is 44.3 Å². The molecule has 1 aromatic rings. The monoisotopic (exact) mass is 220 g/mol. The lowest BCUT2D eigenvalue weighted by Gasteiger charge is -2.35. The molecule has 1 fully saturated rings. The fourth-order valence-corrected chi connectivity index (χ4v) is 2.12. The van der Waals surface area contributed by atoms with Gasteiger partial charge in [0.25, 0.3) is 0 Å². The number of nitrogens with two attached hydrogens (primary N) is 1. The first-order valence-corrected chi connectivity index (χ1v) is 5.87. The molecule has 0 bridgehead atoms. The van der Waals surface area contributed by atoms with E-state index in [0.717, 1.165) is 32.6 Å². The van der Waals surface area contributed by atoms with Crippen LogP contribution >= 0.6 is 0 Å². The third-order valence-corrected chi connectivity index (χ3v) is 3.14. The van der Waals surface area contributed by atoms with Crippen LogP contribution in [-0.4, -0.2) is 49.7 Å². The Morgan fingerprint density at radius 3 is 2.75 bits per heavy atom. The van der Waals surface area contributed by atoms with Crippen molar-refractivity contribution in [3.05, 3.63) is 24.0 Å². The second-order valence-electron chi connectivity index (χ2n) is 4.33. The molecule has 0 aromatic carbocycles. The van der Waals surface area contributed by atoms with E-state index >= 15 is 0 Å². The zero-order valence-electron chi connectivity index (χ0n) is 9.89. The minimum atomic E-state index is 0.687. The quantitative estimate of drug-likeness (QED) is 0.797. The topological polar surface area (TPSA) is 45.4 Å². The molecule has 1 aromatic heterocycles. The highest BCUT2D eigenvalue weighted by molar-refractivity contribution is 5.52. The number of aromatic nitrogens is 1. The van der Waals surface area contributed by atoms with Gasteiger partial charge in [0.1, 0.15) is 0 Å². The molecule has 0 unspecified atom stereocenters. The molecule has 2 N–H and O–H groups in total. The third-order valence-electron chi connectivity index (χ3n) is 3.14. The zero-order valence-corrected chi connectivity index (χ0v) is 9.89. The van der Waals surface area contributed by atoms with Gasteiger partial charge in [-0.05, 0) is 31.6 Å². The minimum Gasteiger partial charge on any atom is -0.369 e. The Hall–Kier alpha value is -1.13. The van der Waals surface area contributed by atoms with Crippen LogP contribution in [-0.2, 0) is 6.42 Å². The fourth-order valence-electron chi connectivity index (χ4n) is 2.12. The van der Waals surface area contributed by atoms with Crippen molar-refractivity contribution in [2.24, 2.45) is 5.73 Å². The van der Waals surface area contributed by atoms with Gasteiger partial charge >= 0.3 is 0 Å². The van der Waals surface area contributed by atoms with Gasteiger partial charge in [-0.2, -0.15) is 0 Å². The van der Waals surface area contributed by atoms with Gasteiger partial charge in [0.15, 0.2) is 0 Å². The zero-order chi connectivity index (χ0) is 11.4. The van der Waals surface area contributed by atoms with Gasteiger partial charge in [0.2, 0.25) is 0 Å². The Kier molecular flexibility index (Phi) is 3.74. The number of pyridine rings is 1. The van der Waals surface area contributed by atoms with Crippen LogP contribution in [0.5, 0.6) is 0 Å². The molecule has 0 aliphatic carbocycles. The number of hydrogen-bond acceptors (Lipinski definition) is 4.